The van der Waals surface area contributed by atoms with E-state index in [4.69, 9.17) is 0 Å². The van der Waals surface area contributed by atoms with E-state index >= 15 is 0 Å². The van der Waals surface area contributed by atoms with Crippen LogP contribution in [0.15, 0.2) is 36.5 Å². The van der Waals surface area contributed by atoms with Crippen LogP contribution in [-0.4, -0.2) is 76.8 Å². The van der Waals surface area contributed by atoms with E-state index in [2.05, 4.69) is 10.3 Å². The average Bonchev–Trinajstić information content (AvgIpc) is 2.65. The number of nitrogens with zero attached hydrogens (tertiary/aromatic N) is 4. The number of aromatic nitrogens is 1. The number of fused-ring (bicyclic) bond motifs is 2. The number of hydrogen-bond donors (Lipinski definition) is 1. The van der Waals surface area contributed by atoms with E-state index in [1.54, 1.807) is 29.1 Å². The van der Waals surface area contributed by atoms with Crippen LogP contribution in [0, 0.1) is 0 Å². The predicted octanol–water partition coefficient (Wildman–Crippen LogP) is 0.751. The van der Waals surface area contributed by atoms with Gasteiger partial charge in [0.15, 0.2) is 0 Å². The standard InChI is InChI=1S/C18H19N5O3/c1-21-11-16(24)23-8-7-22(10-15(23)17(21)25)18(26)20-13-4-5-14-12(9-13)3-2-6-19-14/h2-6,9,15H,7-8,10-11H2,1H3,(H,20,26). The Morgan fingerprint density at radius 1 is 1.23 bits per heavy atom. The van der Waals surface area contributed by atoms with Crippen LogP contribution >= 0.6 is 0 Å². The molecule has 2 aliphatic heterocycles. The molecule has 0 bridgehead atoms. The molecule has 1 aromatic carbocycles. The molecule has 1 aromatic heterocycles. The lowest BCUT2D eigenvalue weighted by atomic mass is 10.1. The zero-order valence-corrected chi connectivity index (χ0v) is 14.4. The number of pyridine rings is 1. The molecule has 26 heavy (non-hydrogen) atoms. The summed E-state index contributed by atoms with van der Waals surface area (Å²) in [6.07, 6.45) is 1.72. The molecule has 2 saturated heterocycles. The number of carbonyl (C=O) groups excluding carboxylic acids is 3. The molecule has 134 valence electrons. The van der Waals surface area contributed by atoms with Gasteiger partial charge in [0.2, 0.25) is 11.8 Å². The molecule has 0 spiro atoms. The first-order valence-corrected chi connectivity index (χ1v) is 8.48. The van der Waals surface area contributed by atoms with Crippen LogP contribution in [0.3, 0.4) is 0 Å². The Labute approximate surface area is 150 Å². The van der Waals surface area contributed by atoms with Crippen molar-refractivity contribution < 1.29 is 14.4 Å². The molecule has 1 unspecified atom stereocenters. The van der Waals surface area contributed by atoms with Crippen LogP contribution < -0.4 is 5.32 Å². The third kappa shape index (κ3) is 2.83. The molecule has 1 atom stereocenters. The van der Waals surface area contributed by atoms with E-state index in [1.807, 2.05) is 24.3 Å². The van der Waals surface area contributed by atoms with Gasteiger partial charge in [-0.3, -0.25) is 14.6 Å². The van der Waals surface area contributed by atoms with E-state index in [-0.39, 0.29) is 30.9 Å². The van der Waals surface area contributed by atoms with Gasteiger partial charge < -0.3 is 20.0 Å². The number of carbonyl (C=O) groups is 3. The Bertz CT molecular complexity index is 899. The lowest BCUT2D eigenvalue weighted by molar-refractivity contribution is -0.157. The summed E-state index contributed by atoms with van der Waals surface area (Å²) in [5.41, 5.74) is 1.52. The Morgan fingerprint density at radius 2 is 2.08 bits per heavy atom. The summed E-state index contributed by atoms with van der Waals surface area (Å²) in [5, 5.41) is 3.80. The minimum Gasteiger partial charge on any atom is -0.335 e. The quantitative estimate of drug-likeness (QED) is 0.820. The molecule has 8 heteroatoms. The fourth-order valence-electron chi connectivity index (χ4n) is 3.46. The number of hydrogen-bond acceptors (Lipinski definition) is 4. The highest BCUT2D eigenvalue weighted by atomic mass is 16.2. The number of nitrogens with one attached hydrogen (secondary N) is 1. The fourth-order valence-corrected chi connectivity index (χ4v) is 3.46. The molecular weight excluding hydrogens is 334 g/mol. The van der Waals surface area contributed by atoms with E-state index in [1.165, 1.54) is 4.90 Å². The van der Waals surface area contributed by atoms with Gasteiger partial charge in [-0.05, 0) is 24.3 Å². The molecule has 2 fully saturated rings. The van der Waals surface area contributed by atoms with Crippen molar-refractivity contribution >= 4 is 34.4 Å². The first-order chi connectivity index (χ1) is 12.5. The highest BCUT2D eigenvalue weighted by Crippen LogP contribution is 2.20. The van der Waals surface area contributed by atoms with Crippen molar-refractivity contribution in [3.05, 3.63) is 36.5 Å². The van der Waals surface area contributed by atoms with E-state index in [0.717, 1.165) is 10.9 Å². The van der Waals surface area contributed by atoms with Crippen LogP contribution in [0.25, 0.3) is 10.9 Å². The molecule has 0 saturated carbocycles. The van der Waals surface area contributed by atoms with Crippen LogP contribution in [0.5, 0.6) is 0 Å². The summed E-state index contributed by atoms with van der Waals surface area (Å²) < 4.78 is 0. The van der Waals surface area contributed by atoms with Gasteiger partial charge >= 0.3 is 6.03 Å². The highest BCUT2D eigenvalue weighted by Gasteiger charge is 2.42. The molecule has 2 aromatic rings. The van der Waals surface area contributed by atoms with Crippen molar-refractivity contribution in [2.24, 2.45) is 0 Å². The van der Waals surface area contributed by atoms with Crippen LogP contribution in [0.4, 0.5) is 10.5 Å². The Balaban J connectivity index is 1.48. The summed E-state index contributed by atoms with van der Waals surface area (Å²) >= 11 is 0. The monoisotopic (exact) mass is 353 g/mol. The lowest BCUT2D eigenvalue weighted by Crippen LogP contribution is -2.67. The summed E-state index contributed by atoms with van der Waals surface area (Å²) in [6.45, 7) is 1.08. The molecule has 4 amide bonds. The number of urea groups is 1. The molecule has 0 aliphatic carbocycles. The maximum absolute atomic E-state index is 12.6. The van der Waals surface area contributed by atoms with Gasteiger partial charge in [-0.15, -0.1) is 0 Å². The van der Waals surface area contributed by atoms with E-state index in [0.29, 0.717) is 18.8 Å². The number of likely N-dealkylation sites (N-methyl/N-ethyl adjacent to an activating group) is 1. The van der Waals surface area contributed by atoms with Gasteiger partial charge in [-0.2, -0.15) is 0 Å². The summed E-state index contributed by atoms with van der Waals surface area (Å²) in [7, 11) is 1.61. The van der Waals surface area contributed by atoms with Crippen LogP contribution in [0.1, 0.15) is 0 Å². The Hall–Kier alpha value is -3.16. The first-order valence-electron chi connectivity index (χ1n) is 8.48. The van der Waals surface area contributed by atoms with Gasteiger partial charge in [0.1, 0.15) is 6.04 Å². The van der Waals surface area contributed by atoms with Crippen molar-refractivity contribution in [1.82, 2.24) is 19.7 Å². The van der Waals surface area contributed by atoms with Crippen LogP contribution in [-0.2, 0) is 9.59 Å². The first kappa shape index (κ1) is 16.3. The number of anilines is 1. The zero-order valence-electron chi connectivity index (χ0n) is 14.4. The van der Waals surface area contributed by atoms with Gasteiger partial charge in [-0.25, -0.2) is 4.79 Å². The minimum atomic E-state index is -0.596. The van der Waals surface area contributed by atoms with Crippen LogP contribution in [0.2, 0.25) is 0 Å². The van der Waals surface area contributed by atoms with Crippen molar-refractivity contribution in [3.63, 3.8) is 0 Å². The molecule has 1 N–H and O–H groups in total. The second-order valence-electron chi connectivity index (χ2n) is 6.58. The third-order valence-electron chi connectivity index (χ3n) is 4.88. The summed E-state index contributed by atoms with van der Waals surface area (Å²) in [5.74, 6) is -0.196. The molecule has 8 nitrogen and oxygen atoms in total. The molecule has 3 heterocycles. The Kier molecular flexibility index (Phi) is 3.95. The van der Waals surface area contributed by atoms with Crippen molar-refractivity contribution in [1.29, 1.82) is 0 Å². The molecule has 2 aliphatic rings. The van der Waals surface area contributed by atoms with Gasteiger partial charge in [0.05, 0.1) is 18.6 Å². The molecular formula is C18H19N5O3. The second kappa shape index (κ2) is 6.29. The fraction of sp³-hybridized carbons (Fsp3) is 0.333. The summed E-state index contributed by atoms with van der Waals surface area (Å²) in [6, 6.07) is 8.41. The number of rotatable bonds is 1. The van der Waals surface area contributed by atoms with Gasteiger partial charge in [0.25, 0.3) is 0 Å². The lowest BCUT2D eigenvalue weighted by Gasteiger charge is -2.45. The molecule has 4 rings (SSSR count). The third-order valence-corrected chi connectivity index (χ3v) is 4.88. The number of amides is 4. The maximum atomic E-state index is 12.6. The van der Waals surface area contributed by atoms with Crippen molar-refractivity contribution in [3.8, 4) is 0 Å². The average molecular weight is 353 g/mol. The minimum absolute atomic E-state index is 0.0702. The largest absolute Gasteiger partial charge is 0.335 e. The van der Waals surface area contributed by atoms with Gasteiger partial charge in [0, 0.05) is 37.4 Å². The van der Waals surface area contributed by atoms with Crippen molar-refractivity contribution in [2.45, 2.75) is 6.04 Å². The van der Waals surface area contributed by atoms with Gasteiger partial charge in [-0.1, -0.05) is 6.07 Å². The summed E-state index contributed by atoms with van der Waals surface area (Å²) in [4.78, 5) is 45.9. The van der Waals surface area contributed by atoms with Crippen molar-refractivity contribution in [2.75, 3.05) is 38.5 Å². The topological polar surface area (TPSA) is 85.8 Å². The highest BCUT2D eigenvalue weighted by molar-refractivity contribution is 5.97. The zero-order chi connectivity index (χ0) is 18.3. The number of benzene rings is 1. The molecule has 0 radical (unpaired) electrons. The number of piperazine rings is 2. The van der Waals surface area contributed by atoms with E-state index in [9.17, 15) is 14.4 Å². The smallest absolute Gasteiger partial charge is 0.321 e. The normalized spacial score (nSPS) is 20.3. The second-order valence-corrected chi connectivity index (χ2v) is 6.58. The SMILES string of the molecule is CN1CC(=O)N2CCN(C(=O)Nc3ccc4ncccc4c3)CC2C1=O. The predicted molar refractivity (Wildman–Crippen MR) is 95.5 cm³/mol. The Morgan fingerprint density at radius 3 is 2.92 bits per heavy atom. The maximum Gasteiger partial charge on any atom is 0.321 e. The van der Waals surface area contributed by atoms with E-state index < -0.39 is 6.04 Å².